The molecule has 30 heavy (non-hydrogen) atoms. The van der Waals surface area contributed by atoms with Crippen LogP contribution in [-0.4, -0.2) is 51.7 Å². The summed E-state index contributed by atoms with van der Waals surface area (Å²) < 4.78 is 20.1. The van der Waals surface area contributed by atoms with Crippen LogP contribution in [0.5, 0.6) is 5.75 Å². The number of amides is 1. The average molecular weight is 429 g/mol. The molecule has 1 amide bonds. The molecule has 156 valence electrons. The highest BCUT2D eigenvalue weighted by Crippen LogP contribution is 2.15. The molecule has 0 spiro atoms. The van der Waals surface area contributed by atoms with Crippen molar-refractivity contribution in [3.05, 3.63) is 82.9 Å². The lowest BCUT2D eigenvalue weighted by Gasteiger charge is -2.34. The molecule has 2 aromatic carbocycles. The normalized spacial score (nSPS) is 14.7. The number of halogens is 2. The van der Waals surface area contributed by atoms with Gasteiger partial charge in [-0.2, -0.15) is 5.10 Å². The van der Waals surface area contributed by atoms with Crippen molar-refractivity contribution in [1.29, 1.82) is 0 Å². The van der Waals surface area contributed by atoms with Gasteiger partial charge in [0.25, 0.3) is 5.91 Å². The second kappa shape index (κ2) is 9.28. The van der Waals surface area contributed by atoms with Crippen LogP contribution in [0.3, 0.4) is 0 Å². The summed E-state index contributed by atoms with van der Waals surface area (Å²) in [6.45, 7) is 3.92. The number of ether oxygens (including phenoxy) is 1. The molecule has 2 heterocycles. The minimum absolute atomic E-state index is 0.0818. The highest BCUT2D eigenvalue weighted by Gasteiger charge is 2.23. The standard InChI is InChI=1S/C22H22ClFN4O2/c23-18-3-1-17(2-4-18)15-26-11-13-27(14-12-26)22(29)21-9-10-28(25-21)16-30-20-7-5-19(24)6-8-20/h1-10H,11-16H2. The first-order valence-corrected chi connectivity index (χ1v) is 10.1. The van der Waals surface area contributed by atoms with Gasteiger partial charge in [0.15, 0.2) is 12.4 Å². The molecule has 8 heteroatoms. The highest BCUT2D eigenvalue weighted by molar-refractivity contribution is 6.30. The van der Waals surface area contributed by atoms with Crippen molar-refractivity contribution in [2.24, 2.45) is 0 Å². The summed E-state index contributed by atoms with van der Waals surface area (Å²) in [5.41, 5.74) is 1.60. The predicted octanol–water partition coefficient (Wildman–Crippen LogP) is 3.67. The van der Waals surface area contributed by atoms with Crippen molar-refractivity contribution in [1.82, 2.24) is 19.6 Å². The van der Waals surface area contributed by atoms with E-state index in [0.29, 0.717) is 24.5 Å². The van der Waals surface area contributed by atoms with E-state index in [9.17, 15) is 9.18 Å². The van der Waals surface area contributed by atoms with Crippen LogP contribution in [0.25, 0.3) is 0 Å². The number of aromatic nitrogens is 2. The van der Waals surface area contributed by atoms with E-state index >= 15 is 0 Å². The molecule has 1 aliphatic heterocycles. The van der Waals surface area contributed by atoms with E-state index in [1.807, 2.05) is 29.2 Å². The zero-order valence-electron chi connectivity index (χ0n) is 16.4. The van der Waals surface area contributed by atoms with Crippen LogP contribution in [0.15, 0.2) is 60.8 Å². The zero-order chi connectivity index (χ0) is 20.9. The number of benzene rings is 2. The minimum Gasteiger partial charge on any atom is -0.471 e. The third-order valence-corrected chi connectivity index (χ3v) is 5.27. The fraction of sp³-hybridized carbons (Fsp3) is 0.273. The summed E-state index contributed by atoms with van der Waals surface area (Å²) in [6.07, 6.45) is 1.70. The molecule has 0 atom stereocenters. The van der Waals surface area contributed by atoms with Crippen LogP contribution in [0.4, 0.5) is 4.39 Å². The first kappa shape index (κ1) is 20.4. The van der Waals surface area contributed by atoms with E-state index in [1.165, 1.54) is 17.7 Å². The topological polar surface area (TPSA) is 50.6 Å². The second-order valence-electron chi connectivity index (χ2n) is 7.16. The summed E-state index contributed by atoms with van der Waals surface area (Å²) in [4.78, 5) is 16.9. The molecule has 0 saturated carbocycles. The fourth-order valence-corrected chi connectivity index (χ4v) is 3.46. The lowest BCUT2D eigenvalue weighted by atomic mass is 10.2. The van der Waals surface area contributed by atoms with E-state index < -0.39 is 0 Å². The Balaban J connectivity index is 1.27. The first-order valence-electron chi connectivity index (χ1n) is 9.75. The molecule has 1 aliphatic rings. The Labute approximate surface area is 179 Å². The maximum atomic E-state index is 12.9. The number of hydrogen-bond acceptors (Lipinski definition) is 4. The number of rotatable bonds is 6. The van der Waals surface area contributed by atoms with Crippen molar-refractivity contribution in [2.45, 2.75) is 13.3 Å². The Hall–Kier alpha value is -2.90. The van der Waals surface area contributed by atoms with Gasteiger partial charge in [-0.3, -0.25) is 9.69 Å². The van der Waals surface area contributed by atoms with Gasteiger partial charge >= 0.3 is 0 Å². The van der Waals surface area contributed by atoms with E-state index in [2.05, 4.69) is 10.00 Å². The van der Waals surface area contributed by atoms with Gasteiger partial charge < -0.3 is 9.64 Å². The zero-order valence-corrected chi connectivity index (χ0v) is 17.1. The average Bonchev–Trinajstić information content (AvgIpc) is 3.24. The Morgan fingerprint density at radius 2 is 1.70 bits per heavy atom. The summed E-state index contributed by atoms with van der Waals surface area (Å²) in [5.74, 6) is 0.140. The molecule has 0 N–H and O–H groups in total. The molecule has 0 radical (unpaired) electrons. The molecule has 1 fully saturated rings. The maximum Gasteiger partial charge on any atom is 0.274 e. The molecular formula is C22H22ClFN4O2. The molecule has 6 nitrogen and oxygen atoms in total. The molecule has 0 aliphatic carbocycles. The summed E-state index contributed by atoms with van der Waals surface area (Å²) >= 11 is 5.94. The van der Waals surface area contributed by atoms with Gasteiger partial charge in [-0.15, -0.1) is 0 Å². The summed E-state index contributed by atoms with van der Waals surface area (Å²) in [6, 6.07) is 15.3. The Morgan fingerprint density at radius 1 is 1.00 bits per heavy atom. The Morgan fingerprint density at radius 3 is 2.40 bits per heavy atom. The van der Waals surface area contributed by atoms with Gasteiger partial charge in [-0.25, -0.2) is 9.07 Å². The highest BCUT2D eigenvalue weighted by atomic mass is 35.5. The van der Waals surface area contributed by atoms with Gasteiger partial charge in [0.1, 0.15) is 11.6 Å². The van der Waals surface area contributed by atoms with Crippen LogP contribution in [0.1, 0.15) is 16.1 Å². The van der Waals surface area contributed by atoms with Crippen LogP contribution in [0, 0.1) is 5.82 Å². The predicted molar refractivity (Wildman–Crippen MR) is 112 cm³/mol. The first-order chi connectivity index (χ1) is 14.6. The minimum atomic E-state index is -0.317. The third-order valence-electron chi connectivity index (χ3n) is 5.02. The van der Waals surface area contributed by atoms with Gasteiger partial charge in [0.2, 0.25) is 0 Å². The Kier molecular flexibility index (Phi) is 6.30. The van der Waals surface area contributed by atoms with E-state index in [-0.39, 0.29) is 18.5 Å². The van der Waals surface area contributed by atoms with Crippen molar-refractivity contribution in [3.63, 3.8) is 0 Å². The molecule has 0 bridgehead atoms. The van der Waals surface area contributed by atoms with E-state index in [1.54, 1.807) is 29.1 Å². The number of hydrogen-bond donors (Lipinski definition) is 0. The number of nitrogens with zero attached hydrogens (tertiary/aromatic N) is 4. The molecule has 1 aromatic heterocycles. The molecule has 4 rings (SSSR count). The van der Waals surface area contributed by atoms with Gasteiger partial charge in [-0.05, 0) is 48.0 Å². The fourth-order valence-electron chi connectivity index (χ4n) is 3.34. The van der Waals surface area contributed by atoms with Crippen LogP contribution < -0.4 is 4.74 Å². The smallest absolute Gasteiger partial charge is 0.274 e. The molecule has 1 saturated heterocycles. The van der Waals surface area contributed by atoms with Crippen molar-refractivity contribution < 1.29 is 13.9 Å². The second-order valence-corrected chi connectivity index (χ2v) is 7.60. The van der Waals surface area contributed by atoms with Crippen molar-refractivity contribution in [3.8, 4) is 5.75 Å². The summed E-state index contributed by atoms with van der Waals surface area (Å²) in [5, 5.41) is 5.05. The molecule has 3 aromatic rings. The van der Waals surface area contributed by atoms with E-state index in [4.69, 9.17) is 16.3 Å². The van der Waals surface area contributed by atoms with Crippen molar-refractivity contribution >= 4 is 17.5 Å². The molecular weight excluding hydrogens is 407 g/mol. The summed E-state index contributed by atoms with van der Waals surface area (Å²) in [7, 11) is 0. The lowest BCUT2D eigenvalue weighted by Crippen LogP contribution is -2.48. The van der Waals surface area contributed by atoms with Crippen LogP contribution in [0.2, 0.25) is 5.02 Å². The van der Waals surface area contributed by atoms with Gasteiger partial charge in [0, 0.05) is 43.9 Å². The van der Waals surface area contributed by atoms with Gasteiger partial charge in [0.05, 0.1) is 0 Å². The quantitative estimate of drug-likeness (QED) is 0.601. The lowest BCUT2D eigenvalue weighted by molar-refractivity contribution is 0.0621. The monoisotopic (exact) mass is 428 g/mol. The van der Waals surface area contributed by atoms with Crippen molar-refractivity contribution in [2.75, 3.05) is 26.2 Å². The number of carbonyl (C=O) groups excluding carboxylic acids is 1. The number of piperazine rings is 1. The van der Waals surface area contributed by atoms with Crippen LogP contribution >= 0.6 is 11.6 Å². The van der Waals surface area contributed by atoms with E-state index in [0.717, 1.165) is 24.7 Å². The largest absolute Gasteiger partial charge is 0.471 e. The Bertz CT molecular complexity index is 983. The SMILES string of the molecule is O=C(c1ccn(COc2ccc(F)cc2)n1)N1CCN(Cc2ccc(Cl)cc2)CC1. The third kappa shape index (κ3) is 5.17. The maximum absolute atomic E-state index is 12.9. The molecule has 0 unspecified atom stereocenters. The number of carbonyl (C=O) groups is 1. The van der Waals surface area contributed by atoms with Gasteiger partial charge in [-0.1, -0.05) is 23.7 Å². The van der Waals surface area contributed by atoms with Crippen LogP contribution in [-0.2, 0) is 13.3 Å².